The van der Waals surface area contributed by atoms with Crippen molar-refractivity contribution in [1.29, 1.82) is 0 Å². The molecule has 1 aromatic rings. The first-order valence-electron chi connectivity index (χ1n) is 6.73. The van der Waals surface area contributed by atoms with E-state index in [1.165, 1.54) is 37.0 Å². The van der Waals surface area contributed by atoms with E-state index in [1.54, 1.807) is 13.0 Å². The van der Waals surface area contributed by atoms with Gasteiger partial charge in [0, 0.05) is 16.3 Å². The third kappa shape index (κ3) is 3.78. The molecule has 2 N–H and O–H groups in total. The van der Waals surface area contributed by atoms with Crippen molar-refractivity contribution in [3.05, 3.63) is 15.8 Å². The quantitative estimate of drug-likeness (QED) is 0.848. The van der Waals surface area contributed by atoms with Crippen LogP contribution >= 0.6 is 11.3 Å². The van der Waals surface area contributed by atoms with Gasteiger partial charge in [0.1, 0.15) is 0 Å². The zero-order chi connectivity index (χ0) is 13.9. The molecule has 0 aromatic carbocycles. The molecule has 0 atom stereocenters. The van der Waals surface area contributed by atoms with Crippen LogP contribution in [0.5, 0.6) is 0 Å². The molecule has 1 aliphatic carbocycles. The molecule has 0 spiro atoms. The molecule has 0 radical (unpaired) electrons. The van der Waals surface area contributed by atoms with E-state index in [-0.39, 0.29) is 6.61 Å². The predicted molar refractivity (Wildman–Crippen MR) is 76.7 cm³/mol. The molecule has 19 heavy (non-hydrogen) atoms. The molecule has 0 saturated heterocycles. The Balaban J connectivity index is 1.95. The highest BCUT2D eigenvalue weighted by Gasteiger charge is 2.21. The van der Waals surface area contributed by atoms with Gasteiger partial charge in [-0.25, -0.2) is 13.1 Å². The van der Waals surface area contributed by atoms with E-state index in [0.29, 0.717) is 22.2 Å². The van der Waals surface area contributed by atoms with E-state index >= 15 is 0 Å². The number of sulfonamides is 1. The molecule has 6 heteroatoms. The summed E-state index contributed by atoms with van der Waals surface area (Å²) < 4.78 is 27.0. The number of hydrogen-bond donors (Lipinski definition) is 2. The van der Waals surface area contributed by atoms with E-state index in [4.69, 9.17) is 5.11 Å². The van der Waals surface area contributed by atoms with Gasteiger partial charge in [-0.05, 0) is 25.3 Å². The summed E-state index contributed by atoms with van der Waals surface area (Å²) >= 11 is 1.33. The van der Waals surface area contributed by atoms with E-state index < -0.39 is 10.0 Å². The smallest absolute Gasteiger partial charge is 0.241 e. The van der Waals surface area contributed by atoms with Crippen LogP contribution in [0.25, 0.3) is 0 Å². The Morgan fingerprint density at radius 1 is 1.42 bits per heavy atom. The first-order chi connectivity index (χ1) is 9.03. The number of aryl methyl sites for hydroxylation is 1. The van der Waals surface area contributed by atoms with Crippen LogP contribution in [0.15, 0.2) is 11.0 Å². The normalized spacial score (nSPS) is 17.2. The zero-order valence-corrected chi connectivity index (χ0v) is 12.8. The maximum atomic E-state index is 12.2. The first kappa shape index (κ1) is 15.0. The van der Waals surface area contributed by atoms with Gasteiger partial charge in [-0.1, -0.05) is 25.7 Å². The lowest BCUT2D eigenvalue weighted by molar-refractivity contribution is 0.285. The summed E-state index contributed by atoms with van der Waals surface area (Å²) in [4.78, 5) is 1.74. The van der Waals surface area contributed by atoms with Gasteiger partial charge in [-0.3, -0.25) is 0 Å². The Morgan fingerprint density at radius 2 is 2.11 bits per heavy atom. The Morgan fingerprint density at radius 3 is 2.68 bits per heavy atom. The Bertz CT molecular complexity index is 516. The van der Waals surface area contributed by atoms with Gasteiger partial charge in [-0.2, -0.15) is 0 Å². The van der Waals surface area contributed by atoms with Crippen LogP contribution in [0.4, 0.5) is 0 Å². The van der Waals surface area contributed by atoms with Crippen LogP contribution in [-0.2, 0) is 16.6 Å². The highest BCUT2D eigenvalue weighted by molar-refractivity contribution is 7.89. The van der Waals surface area contributed by atoms with Crippen LogP contribution in [0.2, 0.25) is 0 Å². The molecular weight excluding hydrogens is 282 g/mol. The molecule has 2 rings (SSSR count). The Labute approximate surface area is 118 Å². The fourth-order valence-corrected chi connectivity index (χ4v) is 5.18. The number of hydrogen-bond acceptors (Lipinski definition) is 4. The summed E-state index contributed by atoms with van der Waals surface area (Å²) in [5, 5.41) is 9.06. The molecule has 0 aliphatic heterocycles. The molecule has 108 valence electrons. The summed E-state index contributed by atoms with van der Waals surface area (Å²) in [6.07, 6.45) is 5.94. The molecule has 0 amide bonds. The van der Waals surface area contributed by atoms with Crippen molar-refractivity contribution in [1.82, 2.24) is 4.72 Å². The lowest BCUT2D eigenvalue weighted by Gasteiger charge is -2.10. The third-order valence-corrected chi connectivity index (χ3v) is 6.44. The molecule has 4 nitrogen and oxygen atoms in total. The number of rotatable bonds is 6. The first-order valence-corrected chi connectivity index (χ1v) is 9.02. The van der Waals surface area contributed by atoms with Crippen molar-refractivity contribution >= 4 is 21.4 Å². The van der Waals surface area contributed by atoms with Gasteiger partial charge in [0.2, 0.25) is 10.0 Å². The Hall–Kier alpha value is -0.430. The van der Waals surface area contributed by atoms with Crippen molar-refractivity contribution in [2.75, 3.05) is 6.54 Å². The monoisotopic (exact) mass is 303 g/mol. The average molecular weight is 303 g/mol. The van der Waals surface area contributed by atoms with Crippen LogP contribution in [0.3, 0.4) is 0 Å². The molecule has 1 saturated carbocycles. The van der Waals surface area contributed by atoms with Gasteiger partial charge in [0.25, 0.3) is 0 Å². The maximum Gasteiger partial charge on any atom is 0.241 e. The van der Waals surface area contributed by atoms with Crippen molar-refractivity contribution in [3.8, 4) is 0 Å². The van der Waals surface area contributed by atoms with Gasteiger partial charge in [0.05, 0.1) is 11.5 Å². The van der Waals surface area contributed by atoms with Crippen molar-refractivity contribution in [3.63, 3.8) is 0 Å². The molecule has 1 heterocycles. The number of aliphatic hydroxyl groups is 1. The second-order valence-corrected chi connectivity index (χ2v) is 8.20. The largest absolute Gasteiger partial charge is 0.391 e. The minimum atomic E-state index is -3.42. The second kappa shape index (κ2) is 6.35. The molecular formula is C13H21NO3S2. The molecule has 1 aromatic heterocycles. The standard InChI is InChI=1S/C13H21NO3S2/c1-10-13(8-12(9-15)18-10)19(16,17)14-7-6-11-4-2-3-5-11/h8,11,14-15H,2-7,9H2,1H3. The number of nitrogens with one attached hydrogen (secondary N) is 1. The second-order valence-electron chi connectivity index (χ2n) is 5.13. The lowest BCUT2D eigenvalue weighted by atomic mass is 10.1. The number of thiophene rings is 1. The van der Waals surface area contributed by atoms with Gasteiger partial charge < -0.3 is 5.11 Å². The minimum absolute atomic E-state index is 0.108. The van der Waals surface area contributed by atoms with E-state index in [1.807, 2.05) is 0 Å². The summed E-state index contributed by atoms with van der Waals surface area (Å²) in [5.41, 5.74) is 0. The highest BCUT2D eigenvalue weighted by atomic mass is 32.2. The van der Waals surface area contributed by atoms with Gasteiger partial charge >= 0.3 is 0 Å². The fraction of sp³-hybridized carbons (Fsp3) is 0.692. The van der Waals surface area contributed by atoms with Crippen LogP contribution in [0, 0.1) is 12.8 Å². The van der Waals surface area contributed by atoms with E-state index in [0.717, 1.165) is 11.3 Å². The highest BCUT2D eigenvalue weighted by Crippen LogP contribution is 2.28. The summed E-state index contributed by atoms with van der Waals surface area (Å²) in [5.74, 6) is 0.680. The van der Waals surface area contributed by atoms with Crippen molar-refractivity contribution in [2.45, 2.75) is 50.5 Å². The molecule has 0 bridgehead atoms. The van der Waals surface area contributed by atoms with E-state index in [2.05, 4.69) is 4.72 Å². The summed E-state index contributed by atoms with van der Waals surface area (Å²) in [6.45, 7) is 2.18. The van der Waals surface area contributed by atoms with Gasteiger partial charge in [-0.15, -0.1) is 11.3 Å². The molecule has 1 aliphatic rings. The van der Waals surface area contributed by atoms with Crippen LogP contribution in [-0.4, -0.2) is 20.1 Å². The topological polar surface area (TPSA) is 66.4 Å². The summed E-state index contributed by atoms with van der Waals surface area (Å²) in [7, 11) is -3.42. The molecule has 0 unspecified atom stereocenters. The summed E-state index contributed by atoms with van der Waals surface area (Å²) in [6, 6.07) is 1.57. The predicted octanol–water partition coefficient (Wildman–Crippen LogP) is 2.41. The Kier molecular flexibility index (Phi) is 5.00. The average Bonchev–Trinajstić information content (AvgIpc) is 2.98. The van der Waals surface area contributed by atoms with Crippen molar-refractivity contribution < 1.29 is 13.5 Å². The van der Waals surface area contributed by atoms with Crippen LogP contribution < -0.4 is 4.72 Å². The number of aliphatic hydroxyl groups excluding tert-OH is 1. The minimum Gasteiger partial charge on any atom is -0.391 e. The lowest BCUT2D eigenvalue weighted by Crippen LogP contribution is -2.26. The fourth-order valence-electron chi connectivity index (χ4n) is 2.64. The van der Waals surface area contributed by atoms with Crippen molar-refractivity contribution in [2.24, 2.45) is 5.92 Å². The maximum absolute atomic E-state index is 12.2. The van der Waals surface area contributed by atoms with E-state index in [9.17, 15) is 8.42 Å². The van der Waals surface area contributed by atoms with Gasteiger partial charge in [0.15, 0.2) is 0 Å². The third-order valence-electron chi connectivity index (χ3n) is 3.69. The molecule has 1 fully saturated rings. The van der Waals surface area contributed by atoms with Crippen LogP contribution in [0.1, 0.15) is 41.9 Å². The SMILES string of the molecule is Cc1sc(CO)cc1S(=O)(=O)NCCC1CCCC1. The zero-order valence-electron chi connectivity index (χ0n) is 11.2.